The Labute approximate surface area is 193 Å². The van der Waals surface area contributed by atoms with Crippen LogP contribution in [0.25, 0.3) is 17.0 Å². The minimum absolute atomic E-state index is 0.0735. The molecule has 2 aliphatic rings. The van der Waals surface area contributed by atoms with Gasteiger partial charge in [0.2, 0.25) is 0 Å². The highest BCUT2D eigenvalue weighted by atomic mass is 16.5. The standard InChI is InChI=1S/C27H28N2O4/c1-28-17-20(21-5-2-3-6-23(21)28)18-29-13-4-11-27(12-14-29)16-24(30)22-15-19(8-10-26(31)32)7-9-25(22)33-27/h2-3,5-10,15,17H,4,11-14,16,18H2,1H3,(H,31,32)/b10-8+. The summed E-state index contributed by atoms with van der Waals surface area (Å²) in [7, 11) is 2.09. The maximum Gasteiger partial charge on any atom is 0.328 e. The molecule has 3 aromatic rings. The lowest BCUT2D eigenvalue weighted by Gasteiger charge is -2.37. The Hall–Kier alpha value is -3.38. The molecule has 0 aliphatic carbocycles. The molecule has 1 atom stereocenters. The maximum absolute atomic E-state index is 13.0. The van der Waals surface area contributed by atoms with Crippen molar-refractivity contribution in [1.29, 1.82) is 0 Å². The number of Topliss-reactive ketones (excluding diaryl/α,β-unsaturated/α-hetero) is 1. The lowest BCUT2D eigenvalue weighted by molar-refractivity contribution is -0.131. The van der Waals surface area contributed by atoms with Crippen molar-refractivity contribution in [3.05, 3.63) is 71.4 Å². The molecule has 2 aliphatic heterocycles. The average molecular weight is 445 g/mol. The molecule has 1 fully saturated rings. The maximum atomic E-state index is 13.0. The quantitative estimate of drug-likeness (QED) is 0.593. The van der Waals surface area contributed by atoms with Crippen LogP contribution in [0, 0.1) is 0 Å². The first kappa shape index (κ1) is 21.5. The first-order chi connectivity index (χ1) is 15.9. The summed E-state index contributed by atoms with van der Waals surface area (Å²) in [5.74, 6) is -0.327. The van der Waals surface area contributed by atoms with Crippen molar-refractivity contribution < 1.29 is 19.4 Å². The van der Waals surface area contributed by atoms with Gasteiger partial charge in [0.15, 0.2) is 5.78 Å². The van der Waals surface area contributed by atoms with Crippen LogP contribution in [0.4, 0.5) is 0 Å². The van der Waals surface area contributed by atoms with Gasteiger partial charge in [-0.05, 0) is 54.8 Å². The molecule has 33 heavy (non-hydrogen) atoms. The topological polar surface area (TPSA) is 71.8 Å². The van der Waals surface area contributed by atoms with Crippen molar-refractivity contribution in [1.82, 2.24) is 9.47 Å². The van der Waals surface area contributed by atoms with E-state index >= 15 is 0 Å². The number of hydrogen-bond donors (Lipinski definition) is 1. The summed E-state index contributed by atoms with van der Waals surface area (Å²) in [6.45, 7) is 2.75. The molecular weight excluding hydrogens is 416 g/mol. The summed E-state index contributed by atoms with van der Waals surface area (Å²) in [6, 6.07) is 13.8. The van der Waals surface area contributed by atoms with Gasteiger partial charge in [-0.3, -0.25) is 9.69 Å². The first-order valence-corrected chi connectivity index (χ1v) is 11.5. The van der Waals surface area contributed by atoms with E-state index in [0.29, 0.717) is 23.3 Å². The van der Waals surface area contributed by atoms with E-state index in [1.165, 1.54) is 22.5 Å². The number of aryl methyl sites for hydroxylation is 1. The van der Waals surface area contributed by atoms with Gasteiger partial charge in [0.1, 0.15) is 11.4 Å². The summed E-state index contributed by atoms with van der Waals surface area (Å²) in [4.78, 5) is 26.3. The number of carbonyl (C=O) groups is 2. The van der Waals surface area contributed by atoms with Crippen molar-refractivity contribution in [3.8, 4) is 5.75 Å². The van der Waals surface area contributed by atoms with Crippen molar-refractivity contribution in [2.45, 2.75) is 37.8 Å². The number of carbonyl (C=O) groups excluding carboxylic acids is 1. The Kier molecular flexibility index (Phi) is 5.54. The van der Waals surface area contributed by atoms with Crippen LogP contribution in [0.15, 0.2) is 54.7 Å². The van der Waals surface area contributed by atoms with Gasteiger partial charge in [-0.15, -0.1) is 0 Å². The summed E-state index contributed by atoms with van der Waals surface area (Å²) < 4.78 is 8.66. The molecule has 6 nitrogen and oxygen atoms in total. The molecule has 6 heteroatoms. The molecule has 1 N–H and O–H groups in total. The fourth-order valence-electron chi connectivity index (χ4n) is 5.24. The zero-order valence-electron chi connectivity index (χ0n) is 18.8. The molecule has 0 amide bonds. The van der Waals surface area contributed by atoms with Crippen LogP contribution in [-0.2, 0) is 18.4 Å². The van der Waals surface area contributed by atoms with E-state index < -0.39 is 11.6 Å². The third-order valence-electron chi connectivity index (χ3n) is 6.90. The van der Waals surface area contributed by atoms with Crippen LogP contribution < -0.4 is 4.74 Å². The number of carboxylic acids is 1. The number of aromatic nitrogens is 1. The number of fused-ring (bicyclic) bond motifs is 2. The number of hydrogen-bond acceptors (Lipinski definition) is 4. The van der Waals surface area contributed by atoms with E-state index in [2.05, 4.69) is 47.0 Å². The highest BCUT2D eigenvalue weighted by molar-refractivity contribution is 6.01. The number of likely N-dealkylation sites (tertiary alicyclic amines) is 1. The normalized spacial score (nSPS) is 21.3. The van der Waals surface area contributed by atoms with E-state index in [0.717, 1.165) is 45.0 Å². The Morgan fingerprint density at radius 3 is 2.88 bits per heavy atom. The van der Waals surface area contributed by atoms with Gasteiger partial charge < -0.3 is 14.4 Å². The van der Waals surface area contributed by atoms with Gasteiger partial charge in [-0.2, -0.15) is 0 Å². The SMILES string of the molecule is Cn1cc(CN2CCCC3(CC2)CC(=O)c2cc(/C=C/C(=O)O)ccc2O3)c2ccccc21. The number of ether oxygens (including phenoxy) is 1. The fourth-order valence-corrected chi connectivity index (χ4v) is 5.24. The molecule has 1 saturated heterocycles. The third kappa shape index (κ3) is 4.31. The monoisotopic (exact) mass is 444 g/mol. The molecule has 0 bridgehead atoms. The largest absolute Gasteiger partial charge is 0.486 e. The summed E-state index contributed by atoms with van der Waals surface area (Å²) in [5, 5.41) is 10.1. The zero-order chi connectivity index (χ0) is 23.0. The Balaban J connectivity index is 1.31. The molecule has 170 valence electrons. The Bertz CT molecular complexity index is 1260. The third-order valence-corrected chi connectivity index (χ3v) is 6.90. The smallest absolute Gasteiger partial charge is 0.328 e. The molecule has 0 saturated carbocycles. The van der Waals surface area contributed by atoms with E-state index in [9.17, 15) is 9.59 Å². The van der Waals surface area contributed by atoms with E-state index in [1.807, 2.05) is 0 Å². The molecule has 1 aromatic heterocycles. The van der Waals surface area contributed by atoms with Crippen LogP contribution >= 0.6 is 0 Å². The first-order valence-electron chi connectivity index (χ1n) is 11.5. The van der Waals surface area contributed by atoms with E-state index in [-0.39, 0.29) is 5.78 Å². The van der Waals surface area contributed by atoms with Crippen LogP contribution in [0.1, 0.15) is 47.2 Å². The van der Waals surface area contributed by atoms with Gasteiger partial charge >= 0.3 is 5.97 Å². The lowest BCUT2D eigenvalue weighted by Crippen LogP contribution is -2.42. The second-order valence-electron chi connectivity index (χ2n) is 9.22. The summed E-state index contributed by atoms with van der Waals surface area (Å²) in [5.41, 5.74) is 3.35. The number of benzene rings is 2. The molecular formula is C27H28N2O4. The predicted molar refractivity (Wildman–Crippen MR) is 127 cm³/mol. The number of para-hydroxylation sites is 1. The second-order valence-corrected chi connectivity index (χ2v) is 9.22. The minimum Gasteiger partial charge on any atom is -0.486 e. The van der Waals surface area contributed by atoms with Gasteiger partial charge in [0.25, 0.3) is 0 Å². The van der Waals surface area contributed by atoms with Crippen LogP contribution in [0.5, 0.6) is 5.75 Å². The van der Waals surface area contributed by atoms with Gasteiger partial charge in [0, 0.05) is 49.7 Å². The molecule has 1 unspecified atom stereocenters. The number of ketones is 1. The van der Waals surface area contributed by atoms with Crippen LogP contribution in [0.2, 0.25) is 0 Å². The highest BCUT2D eigenvalue weighted by Crippen LogP contribution is 2.40. The van der Waals surface area contributed by atoms with E-state index in [1.54, 1.807) is 18.2 Å². The fraction of sp³-hybridized carbons (Fsp3) is 0.333. The number of rotatable bonds is 4. The zero-order valence-corrected chi connectivity index (χ0v) is 18.8. The van der Waals surface area contributed by atoms with Gasteiger partial charge in [-0.1, -0.05) is 24.3 Å². The predicted octanol–water partition coefficient (Wildman–Crippen LogP) is 4.67. The lowest BCUT2D eigenvalue weighted by atomic mass is 9.84. The van der Waals surface area contributed by atoms with Crippen molar-refractivity contribution in [2.24, 2.45) is 7.05 Å². The molecule has 2 aromatic carbocycles. The molecule has 1 spiro atoms. The number of nitrogens with zero attached hydrogens (tertiary/aromatic N) is 2. The molecule has 5 rings (SSSR count). The van der Waals surface area contributed by atoms with E-state index in [4.69, 9.17) is 9.84 Å². The highest BCUT2D eigenvalue weighted by Gasteiger charge is 2.41. The molecule has 3 heterocycles. The Morgan fingerprint density at radius 2 is 2.03 bits per heavy atom. The average Bonchev–Trinajstić information content (AvgIpc) is 2.98. The van der Waals surface area contributed by atoms with Crippen molar-refractivity contribution in [3.63, 3.8) is 0 Å². The number of carboxylic acid groups (broad SMARTS) is 1. The minimum atomic E-state index is -1.01. The summed E-state index contributed by atoms with van der Waals surface area (Å²) >= 11 is 0. The van der Waals surface area contributed by atoms with Crippen molar-refractivity contribution in [2.75, 3.05) is 13.1 Å². The Morgan fingerprint density at radius 1 is 1.18 bits per heavy atom. The molecule has 0 radical (unpaired) electrons. The second kappa shape index (κ2) is 8.52. The van der Waals surface area contributed by atoms with Gasteiger partial charge in [-0.25, -0.2) is 4.79 Å². The van der Waals surface area contributed by atoms with Crippen LogP contribution in [-0.4, -0.2) is 45.0 Å². The summed E-state index contributed by atoms with van der Waals surface area (Å²) in [6.07, 6.45) is 7.80. The number of aliphatic carboxylic acids is 1. The van der Waals surface area contributed by atoms with Crippen molar-refractivity contribution >= 4 is 28.7 Å². The van der Waals surface area contributed by atoms with Gasteiger partial charge in [0.05, 0.1) is 12.0 Å². The van der Waals surface area contributed by atoms with Crippen LogP contribution in [0.3, 0.4) is 0 Å².